The van der Waals surface area contributed by atoms with Gasteiger partial charge in [-0.1, -0.05) is 0 Å². The summed E-state index contributed by atoms with van der Waals surface area (Å²) < 4.78 is 0. The average Bonchev–Trinajstić information content (AvgIpc) is 2.44. The maximum atomic E-state index is 9.28. The van der Waals surface area contributed by atoms with E-state index in [4.69, 9.17) is 0 Å². The van der Waals surface area contributed by atoms with Crippen molar-refractivity contribution in [3.05, 3.63) is 0 Å². The molecule has 3 atom stereocenters. The van der Waals surface area contributed by atoms with Crippen LogP contribution in [0.5, 0.6) is 0 Å². The fourth-order valence-corrected chi connectivity index (χ4v) is 2.66. The van der Waals surface area contributed by atoms with Crippen molar-refractivity contribution in [3.63, 3.8) is 0 Å². The number of rotatable bonds is 2. The Morgan fingerprint density at radius 2 is 2.38 bits per heavy atom. The Morgan fingerprint density at radius 3 is 3.08 bits per heavy atom. The number of nitrogens with zero attached hydrogens (tertiary/aromatic N) is 1. The van der Waals surface area contributed by atoms with Gasteiger partial charge >= 0.3 is 0 Å². The Bertz CT molecular complexity index is 158. The molecule has 2 saturated heterocycles. The lowest BCUT2D eigenvalue weighted by Crippen LogP contribution is -2.41. The van der Waals surface area contributed by atoms with Crippen LogP contribution in [0.4, 0.5) is 0 Å². The second-order valence-corrected chi connectivity index (χ2v) is 4.53. The molecule has 0 aromatic carbocycles. The van der Waals surface area contributed by atoms with Gasteiger partial charge in [0.05, 0.1) is 6.10 Å². The van der Waals surface area contributed by atoms with Crippen molar-refractivity contribution >= 4 is 0 Å². The van der Waals surface area contributed by atoms with E-state index in [1.807, 2.05) is 6.92 Å². The normalized spacial score (nSPS) is 37.4. The summed E-state index contributed by atoms with van der Waals surface area (Å²) in [5.74, 6) is 0.840. The predicted octanol–water partition coefficient (Wildman–Crippen LogP) is 0.0510. The molecule has 0 aromatic heterocycles. The zero-order valence-corrected chi connectivity index (χ0v) is 8.37. The van der Waals surface area contributed by atoms with Crippen LogP contribution in [-0.4, -0.2) is 48.3 Å². The first-order valence-corrected chi connectivity index (χ1v) is 5.39. The standard InChI is InChI=1S/C10H20N2O/c1-8(13)5-12-6-9-3-2-4-11-10(9)7-12/h8-11,13H,2-7H2,1H3/t8-,9?,10?/m1/s1. The molecule has 3 nitrogen and oxygen atoms in total. The first-order chi connectivity index (χ1) is 6.25. The summed E-state index contributed by atoms with van der Waals surface area (Å²) in [6.07, 6.45) is 2.51. The molecule has 2 rings (SSSR count). The van der Waals surface area contributed by atoms with Gasteiger partial charge in [-0.2, -0.15) is 0 Å². The monoisotopic (exact) mass is 184 g/mol. The number of aliphatic hydroxyl groups excluding tert-OH is 1. The van der Waals surface area contributed by atoms with Crippen LogP contribution in [-0.2, 0) is 0 Å². The topological polar surface area (TPSA) is 35.5 Å². The molecule has 2 aliphatic heterocycles. The van der Waals surface area contributed by atoms with Crippen LogP contribution in [0.1, 0.15) is 19.8 Å². The van der Waals surface area contributed by atoms with E-state index in [0.717, 1.165) is 19.0 Å². The molecule has 0 aliphatic carbocycles. The van der Waals surface area contributed by atoms with Gasteiger partial charge in [0.1, 0.15) is 0 Å². The van der Waals surface area contributed by atoms with Gasteiger partial charge < -0.3 is 10.4 Å². The summed E-state index contributed by atoms with van der Waals surface area (Å²) >= 11 is 0. The maximum Gasteiger partial charge on any atom is 0.0639 e. The zero-order valence-electron chi connectivity index (χ0n) is 8.37. The van der Waals surface area contributed by atoms with Crippen molar-refractivity contribution < 1.29 is 5.11 Å². The fourth-order valence-electron chi connectivity index (χ4n) is 2.66. The number of piperidine rings is 1. The van der Waals surface area contributed by atoms with Crippen molar-refractivity contribution in [1.29, 1.82) is 0 Å². The molecule has 76 valence electrons. The van der Waals surface area contributed by atoms with E-state index >= 15 is 0 Å². The highest BCUT2D eigenvalue weighted by atomic mass is 16.3. The fraction of sp³-hybridized carbons (Fsp3) is 1.00. The molecule has 2 fully saturated rings. The first-order valence-electron chi connectivity index (χ1n) is 5.39. The van der Waals surface area contributed by atoms with Crippen molar-refractivity contribution in [2.24, 2.45) is 5.92 Å². The summed E-state index contributed by atoms with van der Waals surface area (Å²) in [4.78, 5) is 2.39. The molecule has 2 aliphatic rings. The van der Waals surface area contributed by atoms with E-state index in [0.29, 0.717) is 6.04 Å². The molecule has 13 heavy (non-hydrogen) atoms. The molecule has 0 aromatic rings. The van der Waals surface area contributed by atoms with E-state index in [-0.39, 0.29) is 6.10 Å². The van der Waals surface area contributed by atoms with Gasteiger partial charge in [-0.05, 0) is 32.2 Å². The van der Waals surface area contributed by atoms with Crippen LogP contribution in [0.3, 0.4) is 0 Å². The number of hydrogen-bond acceptors (Lipinski definition) is 3. The Morgan fingerprint density at radius 1 is 1.54 bits per heavy atom. The molecule has 0 bridgehead atoms. The number of nitrogens with one attached hydrogen (secondary N) is 1. The van der Waals surface area contributed by atoms with Crippen molar-refractivity contribution in [3.8, 4) is 0 Å². The second-order valence-electron chi connectivity index (χ2n) is 4.53. The Kier molecular flexibility index (Phi) is 2.86. The van der Waals surface area contributed by atoms with Gasteiger partial charge in [-0.25, -0.2) is 0 Å². The molecule has 0 spiro atoms. The quantitative estimate of drug-likeness (QED) is 0.636. The van der Waals surface area contributed by atoms with E-state index in [9.17, 15) is 5.11 Å². The van der Waals surface area contributed by atoms with Crippen LogP contribution in [0.2, 0.25) is 0 Å². The zero-order chi connectivity index (χ0) is 9.26. The molecule has 2 unspecified atom stereocenters. The molecular weight excluding hydrogens is 164 g/mol. The third-order valence-electron chi connectivity index (χ3n) is 3.20. The highest BCUT2D eigenvalue weighted by Gasteiger charge is 2.34. The van der Waals surface area contributed by atoms with Crippen LogP contribution >= 0.6 is 0 Å². The van der Waals surface area contributed by atoms with Crippen LogP contribution in [0, 0.1) is 5.92 Å². The predicted molar refractivity (Wildman–Crippen MR) is 52.6 cm³/mol. The highest BCUT2D eigenvalue weighted by molar-refractivity contribution is 4.91. The second kappa shape index (κ2) is 3.95. The minimum atomic E-state index is -0.180. The van der Waals surface area contributed by atoms with Crippen LogP contribution in [0.25, 0.3) is 0 Å². The number of aliphatic hydroxyl groups is 1. The number of β-amino-alcohol motifs (C(OH)–C–C–N with tert-alkyl or cyclic N) is 1. The number of likely N-dealkylation sites (tertiary alicyclic amines) is 1. The van der Waals surface area contributed by atoms with Crippen molar-refractivity contribution in [2.75, 3.05) is 26.2 Å². The molecule has 2 N–H and O–H groups in total. The van der Waals surface area contributed by atoms with Crippen LogP contribution < -0.4 is 5.32 Å². The molecule has 3 heteroatoms. The van der Waals surface area contributed by atoms with E-state index < -0.39 is 0 Å². The largest absolute Gasteiger partial charge is 0.392 e. The summed E-state index contributed by atoms with van der Waals surface area (Å²) in [7, 11) is 0. The third kappa shape index (κ3) is 2.22. The SMILES string of the molecule is C[C@@H](O)CN1CC2CCCNC2C1. The molecular formula is C10H20N2O. The van der Waals surface area contributed by atoms with E-state index in [2.05, 4.69) is 10.2 Å². The van der Waals surface area contributed by atoms with Crippen molar-refractivity contribution in [2.45, 2.75) is 31.9 Å². The Balaban J connectivity index is 1.84. The lowest BCUT2D eigenvalue weighted by molar-refractivity contribution is 0.138. The van der Waals surface area contributed by atoms with E-state index in [1.54, 1.807) is 0 Å². The Hall–Kier alpha value is -0.120. The van der Waals surface area contributed by atoms with Gasteiger partial charge in [-0.3, -0.25) is 4.90 Å². The van der Waals surface area contributed by atoms with Gasteiger partial charge in [0.25, 0.3) is 0 Å². The first kappa shape index (κ1) is 9.44. The van der Waals surface area contributed by atoms with Gasteiger partial charge in [0.2, 0.25) is 0 Å². The maximum absolute atomic E-state index is 9.28. The Labute approximate surface area is 80.1 Å². The van der Waals surface area contributed by atoms with Gasteiger partial charge in [-0.15, -0.1) is 0 Å². The summed E-state index contributed by atoms with van der Waals surface area (Å²) in [5, 5.41) is 12.8. The summed E-state index contributed by atoms with van der Waals surface area (Å²) in [6.45, 7) is 6.21. The minimum Gasteiger partial charge on any atom is -0.392 e. The van der Waals surface area contributed by atoms with E-state index in [1.165, 1.54) is 25.9 Å². The molecule has 2 heterocycles. The average molecular weight is 184 g/mol. The van der Waals surface area contributed by atoms with Gasteiger partial charge in [0.15, 0.2) is 0 Å². The van der Waals surface area contributed by atoms with Gasteiger partial charge in [0, 0.05) is 25.7 Å². The molecule has 0 saturated carbocycles. The highest BCUT2D eigenvalue weighted by Crippen LogP contribution is 2.24. The lowest BCUT2D eigenvalue weighted by atomic mass is 9.94. The summed E-state index contributed by atoms with van der Waals surface area (Å²) in [5.41, 5.74) is 0. The molecule has 0 radical (unpaired) electrons. The number of fused-ring (bicyclic) bond motifs is 1. The minimum absolute atomic E-state index is 0.180. The molecule has 0 amide bonds. The van der Waals surface area contributed by atoms with Crippen molar-refractivity contribution in [1.82, 2.24) is 10.2 Å². The third-order valence-corrected chi connectivity index (χ3v) is 3.20. The van der Waals surface area contributed by atoms with Crippen LogP contribution in [0.15, 0.2) is 0 Å². The summed E-state index contributed by atoms with van der Waals surface area (Å²) in [6, 6.07) is 0.701. The number of hydrogen-bond donors (Lipinski definition) is 2. The smallest absolute Gasteiger partial charge is 0.0639 e. The lowest BCUT2D eigenvalue weighted by Gasteiger charge is -2.24.